The number of hydrogen-bond acceptors (Lipinski definition) is 7. The Balaban J connectivity index is 1.62. The van der Waals surface area contributed by atoms with Gasteiger partial charge in [0.1, 0.15) is 25.0 Å². The van der Waals surface area contributed by atoms with Crippen LogP contribution in [-0.4, -0.2) is 48.9 Å². The predicted octanol–water partition coefficient (Wildman–Crippen LogP) is 6.00. The van der Waals surface area contributed by atoms with E-state index < -0.39 is 24.1 Å². The SMILES string of the molecule is Cc1cc(N(CCCl)CCCl)ccc1OC(=O)N[C@@H](CCC(=O)OCc1ccccc1)C(=O)OCc1ccccc1. The lowest BCUT2D eigenvalue weighted by Gasteiger charge is -2.24. The third kappa shape index (κ3) is 11.0. The minimum atomic E-state index is -1.13. The highest BCUT2D eigenvalue weighted by atomic mass is 35.5. The van der Waals surface area contributed by atoms with Gasteiger partial charge in [0.25, 0.3) is 0 Å². The molecular formula is C31H34Cl2N2O6. The highest BCUT2D eigenvalue weighted by Gasteiger charge is 2.25. The van der Waals surface area contributed by atoms with E-state index in [1.165, 1.54) is 0 Å². The molecule has 0 heterocycles. The molecule has 218 valence electrons. The average Bonchev–Trinajstić information content (AvgIpc) is 2.99. The molecule has 0 unspecified atom stereocenters. The summed E-state index contributed by atoms with van der Waals surface area (Å²) < 4.78 is 16.3. The molecule has 0 aromatic heterocycles. The zero-order valence-corrected chi connectivity index (χ0v) is 24.4. The molecule has 0 spiro atoms. The number of amides is 1. The van der Waals surface area contributed by atoms with E-state index in [-0.39, 0.29) is 26.1 Å². The van der Waals surface area contributed by atoms with E-state index in [9.17, 15) is 14.4 Å². The number of anilines is 1. The number of ether oxygens (including phenoxy) is 3. The molecular weight excluding hydrogens is 567 g/mol. The quantitative estimate of drug-likeness (QED) is 0.169. The molecule has 1 amide bonds. The van der Waals surface area contributed by atoms with Crippen LogP contribution >= 0.6 is 23.2 Å². The monoisotopic (exact) mass is 600 g/mol. The van der Waals surface area contributed by atoms with Crippen LogP contribution in [0.4, 0.5) is 10.5 Å². The number of benzene rings is 3. The summed E-state index contributed by atoms with van der Waals surface area (Å²) >= 11 is 11.8. The van der Waals surface area contributed by atoms with Gasteiger partial charge in [-0.25, -0.2) is 9.59 Å². The number of halogens is 2. The first kappa shape index (κ1) is 31.8. The van der Waals surface area contributed by atoms with Crippen LogP contribution in [-0.2, 0) is 32.3 Å². The Kier molecular flexibility index (Phi) is 13.3. The lowest BCUT2D eigenvalue weighted by molar-refractivity contribution is -0.148. The highest BCUT2D eigenvalue weighted by Crippen LogP contribution is 2.25. The minimum absolute atomic E-state index is 0.0209. The first-order valence-electron chi connectivity index (χ1n) is 13.3. The zero-order valence-electron chi connectivity index (χ0n) is 22.9. The van der Waals surface area contributed by atoms with Crippen LogP contribution in [0, 0.1) is 6.92 Å². The van der Waals surface area contributed by atoms with Crippen LogP contribution in [0.2, 0.25) is 0 Å². The van der Waals surface area contributed by atoms with E-state index in [1.54, 1.807) is 13.0 Å². The molecule has 0 saturated carbocycles. The number of esters is 2. The van der Waals surface area contributed by atoms with E-state index in [0.29, 0.717) is 36.2 Å². The van der Waals surface area contributed by atoms with Gasteiger partial charge in [0.2, 0.25) is 0 Å². The van der Waals surface area contributed by atoms with Crippen molar-refractivity contribution in [1.82, 2.24) is 5.32 Å². The van der Waals surface area contributed by atoms with E-state index in [4.69, 9.17) is 37.4 Å². The molecule has 10 heteroatoms. The van der Waals surface area contributed by atoms with E-state index in [0.717, 1.165) is 16.8 Å². The second-order valence-corrected chi connectivity index (χ2v) is 9.94. The van der Waals surface area contributed by atoms with Crippen LogP contribution in [0.25, 0.3) is 0 Å². The number of aryl methyl sites for hydroxylation is 1. The van der Waals surface area contributed by atoms with Crippen molar-refractivity contribution in [1.29, 1.82) is 0 Å². The molecule has 0 fully saturated rings. The normalized spacial score (nSPS) is 11.3. The van der Waals surface area contributed by atoms with E-state index >= 15 is 0 Å². The Morgan fingerprint density at radius 1 is 0.829 bits per heavy atom. The Labute approximate surface area is 250 Å². The van der Waals surface area contributed by atoms with Gasteiger partial charge in [0.15, 0.2) is 0 Å². The third-order valence-corrected chi connectivity index (χ3v) is 6.45. The van der Waals surface area contributed by atoms with Crippen molar-refractivity contribution in [2.45, 2.75) is 39.0 Å². The van der Waals surface area contributed by atoms with Crippen molar-refractivity contribution in [3.63, 3.8) is 0 Å². The molecule has 8 nitrogen and oxygen atoms in total. The molecule has 0 bridgehead atoms. The highest BCUT2D eigenvalue weighted by molar-refractivity contribution is 6.18. The number of rotatable bonds is 15. The molecule has 3 aromatic carbocycles. The molecule has 0 aliphatic rings. The molecule has 0 aliphatic heterocycles. The van der Waals surface area contributed by atoms with Gasteiger partial charge >= 0.3 is 18.0 Å². The smallest absolute Gasteiger partial charge is 0.413 e. The van der Waals surface area contributed by atoms with E-state index in [2.05, 4.69) is 5.32 Å². The molecule has 1 atom stereocenters. The Bertz CT molecular complexity index is 1250. The van der Waals surface area contributed by atoms with Gasteiger partial charge in [-0.15, -0.1) is 23.2 Å². The van der Waals surface area contributed by atoms with Crippen molar-refractivity contribution < 1.29 is 28.6 Å². The van der Waals surface area contributed by atoms with Crippen molar-refractivity contribution in [2.24, 2.45) is 0 Å². The van der Waals surface area contributed by atoms with Crippen LogP contribution in [0.3, 0.4) is 0 Å². The predicted molar refractivity (Wildman–Crippen MR) is 159 cm³/mol. The van der Waals surface area contributed by atoms with Crippen molar-refractivity contribution >= 4 is 46.9 Å². The lowest BCUT2D eigenvalue weighted by Crippen LogP contribution is -2.43. The number of carbonyl (C=O) groups is 3. The van der Waals surface area contributed by atoms with Crippen LogP contribution in [0.5, 0.6) is 5.75 Å². The summed E-state index contributed by atoms with van der Waals surface area (Å²) in [5.41, 5.74) is 3.24. The summed E-state index contributed by atoms with van der Waals surface area (Å²) in [6.45, 7) is 3.18. The summed E-state index contributed by atoms with van der Waals surface area (Å²) in [6.07, 6.45) is -0.984. The number of nitrogens with one attached hydrogen (secondary N) is 1. The maximum Gasteiger partial charge on any atom is 0.413 e. The molecule has 3 rings (SSSR count). The summed E-state index contributed by atoms with van der Waals surface area (Å²) in [4.78, 5) is 40.2. The molecule has 0 saturated heterocycles. The fourth-order valence-electron chi connectivity index (χ4n) is 3.94. The van der Waals surface area contributed by atoms with Gasteiger partial charge in [0.05, 0.1) is 0 Å². The first-order valence-corrected chi connectivity index (χ1v) is 14.3. The number of hydrogen-bond donors (Lipinski definition) is 1. The largest absolute Gasteiger partial charge is 0.461 e. The van der Waals surface area contributed by atoms with Gasteiger partial charge < -0.3 is 24.4 Å². The minimum Gasteiger partial charge on any atom is -0.461 e. The summed E-state index contributed by atoms with van der Waals surface area (Å²) in [7, 11) is 0. The van der Waals surface area contributed by atoms with Gasteiger partial charge in [-0.3, -0.25) is 4.79 Å². The second-order valence-electron chi connectivity index (χ2n) is 9.18. The van der Waals surface area contributed by atoms with Crippen LogP contribution in [0.1, 0.15) is 29.5 Å². The van der Waals surface area contributed by atoms with Gasteiger partial charge in [-0.2, -0.15) is 0 Å². The Morgan fingerprint density at radius 3 is 1.98 bits per heavy atom. The number of alkyl halides is 2. The van der Waals surface area contributed by atoms with Crippen molar-refractivity contribution in [3.05, 3.63) is 95.6 Å². The van der Waals surface area contributed by atoms with Crippen LogP contribution < -0.4 is 15.0 Å². The molecule has 41 heavy (non-hydrogen) atoms. The summed E-state index contributed by atoms with van der Waals surface area (Å²) in [6, 6.07) is 22.6. The van der Waals surface area contributed by atoms with Crippen molar-refractivity contribution in [2.75, 3.05) is 29.7 Å². The standard InChI is InChI=1S/C31H34Cl2N2O6/c1-23-20-26(35(18-16-32)19-17-33)12-14-28(23)41-31(38)34-27(30(37)40-22-25-10-6-3-7-11-25)13-15-29(36)39-21-24-8-4-2-5-9-24/h2-12,14,20,27H,13,15-19,21-22H2,1H3,(H,34,38)/t27-/m0/s1. The maximum atomic E-state index is 12.9. The van der Waals surface area contributed by atoms with Crippen molar-refractivity contribution in [3.8, 4) is 5.75 Å². The molecule has 0 aliphatic carbocycles. The van der Waals surface area contributed by atoms with Gasteiger partial charge in [0, 0.05) is 37.0 Å². The Hall–Kier alpha value is -3.75. The first-order chi connectivity index (χ1) is 19.9. The topological polar surface area (TPSA) is 94.2 Å². The van der Waals surface area contributed by atoms with Crippen LogP contribution in [0.15, 0.2) is 78.9 Å². The summed E-state index contributed by atoms with van der Waals surface area (Å²) in [5.74, 6) is 0.0129. The third-order valence-electron chi connectivity index (χ3n) is 6.12. The fourth-order valence-corrected chi connectivity index (χ4v) is 4.35. The molecule has 3 aromatic rings. The number of carbonyl (C=O) groups excluding carboxylic acids is 3. The number of nitrogens with zero attached hydrogens (tertiary/aromatic N) is 1. The maximum absolute atomic E-state index is 12.9. The molecule has 0 radical (unpaired) electrons. The van der Waals surface area contributed by atoms with E-state index in [1.807, 2.05) is 77.7 Å². The lowest BCUT2D eigenvalue weighted by atomic mass is 10.1. The Morgan fingerprint density at radius 2 is 1.41 bits per heavy atom. The van der Waals surface area contributed by atoms with Gasteiger partial charge in [-0.05, 0) is 48.2 Å². The average molecular weight is 602 g/mol. The van der Waals surface area contributed by atoms with Gasteiger partial charge in [-0.1, -0.05) is 60.7 Å². The fraction of sp³-hybridized carbons (Fsp3) is 0.323. The molecule has 1 N–H and O–H groups in total. The second kappa shape index (κ2) is 17.1. The zero-order chi connectivity index (χ0) is 29.5. The summed E-state index contributed by atoms with van der Waals surface area (Å²) in [5, 5.41) is 2.55.